The lowest BCUT2D eigenvalue weighted by atomic mass is 10.1. The van der Waals surface area contributed by atoms with Crippen molar-refractivity contribution in [1.82, 2.24) is 0 Å². The molecular formula is C19H17NO5. The Balaban J connectivity index is 1.95. The first-order chi connectivity index (χ1) is 12.1. The van der Waals surface area contributed by atoms with Crippen LogP contribution in [0, 0.1) is 0 Å². The summed E-state index contributed by atoms with van der Waals surface area (Å²) < 4.78 is 15.8. The zero-order valence-electron chi connectivity index (χ0n) is 13.9. The number of hydrogen-bond donors (Lipinski definition) is 1. The predicted molar refractivity (Wildman–Crippen MR) is 94.6 cm³/mol. The summed E-state index contributed by atoms with van der Waals surface area (Å²) in [6.07, 6.45) is 0. The van der Waals surface area contributed by atoms with Crippen molar-refractivity contribution in [2.45, 2.75) is 6.92 Å². The molecule has 6 heteroatoms. The van der Waals surface area contributed by atoms with Crippen molar-refractivity contribution in [2.24, 2.45) is 0 Å². The molecule has 6 nitrogen and oxygen atoms in total. The second kappa shape index (κ2) is 7.09. The van der Waals surface area contributed by atoms with Gasteiger partial charge in [0.1, 0.15) is 22.6 Å². The Kier molecular flexibility index (Phi) is 4.70. The molecule has 1 N–H and O–H groups in total. The lowest BCUT2D eigenvalue weighted by Gasteiger charge is -2.11. The van der Waals surface area contributed by atoms with Crippen LogP contribution < -0.4 is 20.4 Å². The van der Waals surface area contributed by atoms with Gasteiger partial charge in [0, 0.05) is 11.5 Å². The monoisotopic (exact) mass is 339 g/mol. The minimum Gasteiger partial charge on any atom is -0.497 e. The highest BCUT2D eigenvalue weighted by atomic mass is 16.5. The van der Waals surface area contributed by atoms with Crippen molar-refractivity contribution in [3.8, 4) is 11.5 Å². The molecule has 1 heterocycles. The van der Waals surface area contributed by atoms with Crippen molar-refractivity contribution < 1.29 is 18.7 Å². The number of nitrogens with one attached hydrogen (secondary N) is 1. The number of carbonyl (C=O) groups is 1. The zero-order valence-corrected chi connectivity index (χ0v) is 13.9. The third-order valence-electron chi connectivity index (χ3n) is 3.62. The minimum absolute atomic E-state index is 0.0797. The van der Waals surface area contributed by atoms with Gasteiger partial charge in [0.05, 0.1) is 19.4 Å². The number of para-hydroxylation sites is 2. The summed E-state index contributed by atoms with van der Waals surface area (Å²) in [6.45, 7) is 2.32. The number of fused-ring (bicyclic) bond motifs is 1. The first kappa shape index (κ1) is 16.6. The molecule has 0 atom stereocenters. The highest BCUT2D eigenvalue weighted by Gasteiger charge is 2.16. The fraction of sp³-hybridized carbons (Fsp3) is 0.158. The smallest absolute Gasteiger partial charge is 0.349 e. The number of carbonyl (C=O) groups excluding carboxylic acids is 1. The number of benzene rings is 2. The van der Waals surface area contributed by atoms with Gasteiger partial charge in [-0.05, 0) is 37.3 Å². The lowest BCUT2D eigenvalue weighted by molar-refractivity contribution is 0.102. The largest absolute Gasteiger partial charge is 0.497 e. The Hall–Kier alpha value is -3.28. The fourth-order valence-electron chi connectivity index (χ4n) is 2.42. The van der Waals surface area contributed by atoms with Crippen LogP contribution in [0.2, 0.25) is 0 Å². The van der Waals surface area contributed by atoms with Gasteiger partial charge in [-0.25, -0.2) is 4.79 Å². The van der Waals surface area contributed by atoms with Crippen LogP contribution in [0.3, 0.4) is 0 Å². The van der Waals surface area contributed by atoms with E-state index >= 15 is 0 Å². The summed E-state index contributed by atoms with van der Waals surface area (Å²) in [5, 5.41) is 3.32. The summed E-state index contributed by atoms with van der Waals surface area (Å²) in [4.78, 5) is 24.7. The Labute approximate surface area is 144 Å². The van der Waals surface area contributed by atoms with Gasteiger partial charge in [-0.1, -0.05) is 12.1 Å². The highest BCUT2D eigenvalue weighted by molar-refractivity contribution is 6.06. The maximum atomic E-state index is 12.5. The van der Waals surface area contributed by atoms with E-state index in [0.717, 1.165) is 0 Å². The molecule has 0 bridgehead atoms. The maximum Gasteiger partial charge on any atom is 0.349 e. The molecule has 0 saturated heterocycles. The van der Waals surface area contributed by atoms with Crippen LogP contribution in [-0.2, 0) is 0 Å². The summed E-state index contributed by atoms with van der Waals surface area (Å²) in [5.41, 5.74) is 0.0512. The topological polar surface area (TPSA) is 77.8 Å². The third kappa shape index (κ3) is 3.47. The van der Waals surface area contributed by atoms with Gasteiger partial charge in [0.2, 0.25) is 0 Å². The molecule has 0 unspecified atom stereocenters. The molecule has 3 rings (SSSR count). The summed E-state index contributed by atoms with van der Waals surface area (Å²) in [7, 11) is 1.52. The standard InChI is InChI=1S/C19H17NO5/c1-3-24-16-7-5-4-6-15(16)20-18(21)14-10-12-8-9-13(23-2)11-17(12)25-19(14)22/h4-11H,3H2,1-2H3,(H,20,21). The van der Waals surface area contributed by atoms with E-state index < -0.39 is 11.5 Å². The molecular weight excluding hydrogens is 322 g/mol. The molecule has 2 aromatic carbocycles. The van der Waals surface area contributed by atoms with Crippen LogP contribution in [0.25, 0.3) is 11.0 Å². The molecule has 1 amide bonds. The van der Waals surface area contributed by atoms with Gasteiger partial charge in [-0.15, -0.1) is 0 Å². The molecule has 0 aliphatic heterocycles. The predicted octanol–water partition coefficient (Wildman–Crippen LogP) is 3.45. The molecule has 0 fully saturated rings. The minimum atomic E-state index is -0.716. The second-order valence-corrected chi connectivity index (χ2v) is 5.23. The number of hydrogen-bond acceptors (Lipinski definition) is 5. The van der Waals surface area contributed by atoms with Gasteiger partial charge in [0.25, 0.3) is 5.91 Å². The van der Waals surface area contributed by atoms with Crippen LogP contribution in [0.1, 0.15) is 17.3 Å². The van der Waals surface area contributed by atoms with Crippen molar-refractivity contribution in [3.05, 3.63) is 64.5 Å². The zero-order chi connectivity index (χ0) is 17.8. The summed E-state index contributed by atoms with van der Waals surface area (Å²) >= 11 is 0. The molecule has 0 spiro atoms. The van der Waals surface area contributed by atoms with Crippen LogP contribution in [0.4, 0.5) is 5.69 Å². The molecule has 0 radical (unpaired) electrons. The number of rotatable bonds is 5. The van der Waals surface area contributed by atoms with Crippen molar-refractivity contribution >= 4 is 22.6 Å². The molecule has 0 aliphatic rings. The Bertz CT molecular complexity index is 977. The van der Waals surface area contributed by atoms with E-state index in [4.69, 9.17) is 13.9 Å². The first-order valence-corrected chi connectivity index (χ1v) is 7.77. The lowest BCUT2D eigenvalue weighted by Crippen LogP contribution is -2.21. The molecule has 3 aromatic rings. The van der Waals surface area contributed by atoms with Crippen LogP contribution in [0.15, 0.2) is 57.7 Å². The van der Waals surface area contributed by atoms with Gasteiger partial charge >= 0.3 is 5.63 Å². The van der Waals surface area contributed by atoms with Gasteiger partial charge in [-0.3, -0.25) is 4.79 Å². The number of methoxy groups -OCH3 is 1. The number of amides is 1. The van der Waals surface area contributed by atoms with E-state index in [1.54, 1.807) is 42.5 Å². The number of ether oxygens (including phenoxy) is 2. The van der Waals surface area contributed by atoms with E-state index in [9.17, 15) is 9.59 Å². The molecule has 1 aromatic heterocycles. The summed E-state index contributed by atoms with van der Waals surface area (Å²) in [6, 6.07) is 13.6. The number of anilines is 1. The average Bonchev–Trinajstić information content (AvgIpc) is 2.62. The van der Waals surface area contributed by atoms with E-state index in [0.29, 0.717) is 34.8 Å². The van der Waals surface area contributed by atoms with Crippen LogP contribution >= 0.6 is 0 Å². The van der Waals surface area contributed by atoms with Crippen molar-refractivity contribution in [3.63, 3.8) is 0 Å². The Morgan fingerprint density at radius 1 is 1.16 bits per heavy atom. The van der Waals surface area contributed by atoms with Crippen LogP contribution in [-0.4, -0.2) is 19.6 Å². The molecule has 25 heavy (non-hydrogen) atoms. The van der Waals surface area contributed by atoms with E-state index in [1.807, 2.05) is 6.92 Å². The highest BCUT2D eigenvalue weighted by Crippen LogP contribution is 2.25. The van der Waals surface area contributed by atoms with Gasteiger partial charge in [0.15, 0.2) is 0 Å². The fourth-order valence-corrected chi connectivity index (χ4v) is 2.42. The normalized spacial score (nSPS) is 10.5. The van der Waals surface area contributed by atoms with Crippen molar-refractivity contribution in [2.75, 3.05) is 19.0 Å². The maximum absolute atomic E-state index is 12.5. The Morgan fingerprint density at radius 3 is 2.72 bits per heavy atom. The van der Waals surface area contributed by atoms with Gasteiger partial charge < -0.3 is 19.2 Å². The SMILES string of the molecule is CCOc1ccccc1NC(=O)c1cc2ccc(OC)cc2oc1=O. The molecule has 128 valence electrons. The van der Waals surface area contributed by atoms with E-state index in [1.165, 1.54) is 13.2 Å². The van der Waals surface area contributed by atoms with Crippen molar-refractivity contribution in [1.29, 1.82) is 0 Å². The summed E-state index contributed by atoms with van der Waals surface area (Å²) in [5.74, 6) is 0.547. The first-order valence-electron chi connectivity index (χ1n) is 7.77. The third-order valence-corrected chi connectivity index (χ3v) is 3.62. The quantitative estimate of drug-likeness (QED) is 0.720. The Morgan fingerprint density at radius 2 is 1.96 bits per heavy atom. The van der Waals surface area contributed by atoms with E-state index in [-0.39, 0.29) is 5.56 Å². The molecule has 0 aliphatic carbocycles. The molecule has 0 saturated carbocycles. The van der Waals surface area contributed by atoms with E-state index in [2.05, 4.69) is 5.32 Å². The average molecular weight is 339 g/mol. The second-order valence-electron chi connectivity index (χ2n) is 5.23. The van der Waals surface area contributed by atoms with Crippen LogP contribution in [0.5, 0.6) is 11.5 Å². The van der Waals surface area contributed by atoms with Gasteiger partial charge in [-0.2, -0.15) is 0 Å².